The summed E-state index contributed by atoms with van der Waals surface area (Å²) in [5.74, 6) is 1.18. The molecule has 0 aliphatic heterocycles. The summed E-state index contributed by atoms with van der Waals surface area (Å²) in [4.78, 5) is 6.78. The Morgan fingerprint density at radius 2 is 2.25 bits per heavy atom. The summed E-state index contributed by atoms with van der Waals surface area (Å²) in [5, 5.41) is 0. The van der Waals surface area contributed by atoms with Crippen molar-refractivity contribution in [1.82, 2.24) is 9.88 Å². The van der Waals surface area contributed by atoms with Gasteiger partial charge in [-0.25, -0.2) is 0 Å². The molecule has 1 rings (SSSR count). The molecule has 1 aromatic rings. The molecule has 2 nitrogen and oxygen atoms in total. The minimum Gasteiger partial charge on any atom is -0.297 e. The van der Waals surface area contributed by atoms with Crippen LogP contribution in [-0.2, 0) is 6.54 Å². The van der Waals surface area contributed by atoms with E-state index >= 15 is 0 Å². The molecule has 1 heterocycles. The molecule has 0 amide bonds. The number of aromatic nitrogens is 1. The van der Waals surface area contributed by atoms with Crippen molar-refractivity contribution in [2.75, 3.05) is 19.1 Å². The Kier molecular flexibility index (Phi) is 6.39. The molecule has 1 aromatic heterocycles. The number of hydrogen-bond acceptors (Lipinski definition) is 3. The second-order valence-corrected chi connectivity index (χ2v) is 5.73. The molecule has 0 radical (unpaired) electrons. The van der Waals surface area contributed by atoms with E-state index in [0.29, 0.717) is 6.04 Å². The highest BCUT2D eigenvalue weighted by Gasteiger charge is 2.12. The molecule has 0 spiro atoms. The van der Waals surface area contributed by atoms with Gasteiger partial charge in [0.15, 0.2) is 0 Å². The molecule has 0 aliphatic rings. The highest BCUT2D eigenvalue weighted by atomic mass is 79.9. The zero-order valence-electron chi connectivity index (χ0n) is 10.1. The molecule has 0 N–H and O–H groups in total. The molecule has 1 unspecified atom stereocenters. The van der Waals surface area contributed by atoms with Crippen LogP contribution < -0.4 is 0 Å². The third kappa shape index (κ3) is 4.44. The van der Waals surface area contributed by atoms with E-state index in [1.807, 2.05) is 24.0 Å². The van der Waals surface area contributed by atoms with Crippen LogP contribution in [0.25, 0.3) is 0 Å². The van der Waals surface area contributed by atoms with E-state index in [4.69, 9.17) is 0 Å². The molecule has 0 bridgehead atoms. The second-order valence-electron chi connectivity index (χ2n) is 3.90. The van der Waals surface area contributed by atoms with Crippen LogP contribution in [-0.4, -0.2) is 35.0 Å². The van der Waals surface area contributed by atoms with E-state index < -0.39 is 0 Å². The first-order valence-electron chi connectivity index (χ1n) is 5.47. The first-order chi connectivity index (χ1) is 7.67. The van der Waals surface area contributed by atoms with Gasteiger partial charge in [0.05, 0.1) is 5.69 Å². The molecular weight excluding hydrogens is 284 g/mol. The Balaban J connectivity index is 2.55. The predicted octanol–water partition coefficient (Wildman–Crippen LogP) is 3.42. The fraction of sp³-hybridized carbons (Fsp3) is 0.583. The Morgan fingerprint density at radius 1 is 1.50 bits per heavy atom. The predicted molar refractivity (Wildman–Crippen MR) is 75.9 cm³/mol. The Hall–Kier alpha value is -0.0600. The molecule has 0 fully saturated rings. The average molecular weight is 303 g/mol. The molecule has 90 valence electrons. The summed E-state index contributed by atoms with van der Waals surface area (Å²) in [5.41, 5.74) is 1.13. The van der Waals surface area contributed by atoms with Crippen LogP contribution in [0.2, 0.25) is 0 Å². The lowest BCUT2D eigenvalue weighted by Crippen LogP contribution is -2.32. The Labute approximate surface area is 111 Å². The molecular formula is C12H19BrN2S. The van der Waals surface area contributed by atoms with Gasteiger partial charge in [-0.15, -0.1) is 0 Å². The molecule has 0 saturated carbocycles. The number of rotatable bonds is 6. The van der Waals surface area contributed by atoms with Gasteiger partial charge in [0.1, 0.15) is 0 Å². The quantitative estimate of drug-likeness (QED) is 0.801. The SMILES string of the molecule is CCC(CSC)N(C)Cc1ccc(Br)cn1. The number of nitrogens with zero attached hydrogens (tertiary/aromatic N) is 2. The first-order valence-corrected chi connectivity index (χ1v) is 7.65. The van der Waals surface area contributed by atoms with Crippen molar-refractivity contribution in [1.29, 1.82) is 0 Å². The highest BCUT2D eigenvalue weighted by molar-refractivity contribution is 9.10. The molecule has 0 saturated heterocycles. The van der Waals surface area contributed by atoms with Crippen molar-refractivity contribution in [3.05, 3.63) is 28.5 Å². The van der Waals surface area contributed by atoms with E-state index in [9.17, 15) is 0 Å². The van der Waals surface area contributed by atoms with Gasteiger partial charge in [0, 0.05) is 29.0 Å². The van der Waals surface area contributed by atoms with Crippen molar-refractivity contribution < 1.29 is 0 Å². The summed E-state index contributed by atoms with van der Waals surface area (Å²) >= 11 is 5.31. The van der Waals surface area contributed by atoms with Gasteiger partial charge in [-0.3, -0.25) is 9.88 Å². The maximum atomic E-state index is 4.40. The van der Waals surface area contributed by atoms with Crippen molar-refractivity contribution in [3.63, 3.8) is 0 Å². The summed E-state index contributed by atoms with van der Waals surface area (Å²) in [6.07, 6.45) is 5.21. The van der Waals surface area contributed by atoms with Gasteiger partial charge >= 0.3 is 0 Å². The fourth-order valence-electron chi connectivity index (χ4n) is 1.63. The number of thioether (sulfide) groups is 1. The van der Waals surface area contributed by atoms with E-state index in [0.717, 1.165) is 16.7 Å². The zero-order valence-corrected chi connectivity index (χ0v) is 12.5. The molecule has 16 heavy (non-hydrogen) atoms. The Bertz CT molecular complexity index is 302. The standard InChI is InChI=1S/C12H19BrN2S/c1-4-12(9-16-3)15(2)8-11-6-5-10(13)7-14-11/h5-7,12H,4,8-9H2,1-3H3. The second kappa shape index (κ2) is 7.30. The largest absolute Gasteiger partial charge is 0.297 e. The lowest BCUT2D eigenvalue weighted by molar-refractivity contribution is 0.245. The lowest BCUT2D eigenvalue weighted by atomic mass is 10.2. The van der Waals surface area contributed by atoms with Gasteiger partial charge in [-0.05, 0) is 47.8 Å². The van der Waals surface area contributed by atoms with Gasteiger partial charge in [0.25, 0.3) is 0 Å². The van der Waals surface area contributed by atoms with Crippen molar-refractivity contribution in [2.24, 2.45) is 0 Å². The van der Waals surface area contributed by atoms with Crippen molar-refractivity contribution in [3.8, 4) is 0 Å². The minimum atomic E-state index is 0.639. The maximum absolute atomic E-state index is 4.40. The van der Waals surface area contributed by atoms with E-state index in [1.54, 1.807) is 0 Å². The third-order valence-electron chi connectivity index (χ3n) is 2.65. The number of hydrogen-bond donors (Lipinski definition) is 0. The van der Waals surface area contributed by atoms with E-state index in [2.05, 4.69) is 52.1 Å². The topological polar surface area (TPSA) is 16.1 Å². The van der Waals surface area contributed by atoms with Crippen LogP contribution >= 0.6 is 27.7 Å². The van der Waals surface area contributed by atoms with E-state index in [1.165, 1.54) is 12.2 Å². The van der Waals surface area contributed by atoms with Crippen LogP contribution in [0.4, 0.5) is 0 Å². The summed E-state index contributed by atoms with van der Waals surface area (Å²) < 4.78 is 1.04. The third-order valence-corrected chi connectivity index (χ3v) is 3.84. The van der Waals surface area contributed by atoms with Crippen molar-refractivity contribution >= 4 is 27.7 Å². The van der Waals surface area contributed by atoms with Crippen LogP contribution in [0.5, 0.6) is 0 Å². The lowest BCUT2D eigenvalue weighted by Gasteiger charge is -2.26. The molecule has 0 aliphatic carbocycles. The summed E-state index contributed by atoms with van der Waals surface area (Å²) in [6.45, 7) is 3.17. The highest BCUT2D eigenvalue weighted by Crippen LogP contribution is 2.13. The van der Waals surface area contributed by atoms with Crippen LogP contribution in [0.1, 0.15) is 19.0 Å². The monoisotopic (exact) mass is 302 g/mol. The normalized spacial score (nSPS) is 13.1. The van der Waals surface area contributed by atoms with Gasteiger partial charge in [-0.2, -0.15) is 11.8 Å². The first kappa shape index (κ1) is 14.0. The maximum Gasteiger partial charge on any atom is 0.0544 e. The van der Waals surface area contributed by atoms with Gasteiger partial charge < -0.3 is 0 Å². The van der Waals surface area contributed by atoms with Crippen molar-refractivity contribution in [2.45, 2.75) is 25.9 Å². The number of halogens is 1. The van der Waals surface area contributed by atoms with Crippen LogP contribution in [0.15, 0.2) is 22.8 Å². The molecule has 0 aromatic carbocycles. The van der Waals surface area contributed by atoms with Crippen LogP contribution in [0.3, 0.4) is 0 Å². The fourth-order valence-corrected chi connectivity index (χ4v) is 2.74. The van der Waals surface area contributed by atoms with Gasteiger partial charge in [0.2, 0.25) is 0 Å². The van der Waals surface area contributed by atoms with E-state index in [-0.39, 0.29) is 0 Å². The zero-order chi connectivity index (χ0) is 12.0. The van der Waals surface area contributed by atoms with Gasteiger partial charge in [-0.1, -0.05) is 6.92 Å². The summed E-state index contributed by atoms with van der Waals surface area (Å²) in [6, 6.07) is 4.76. The van der Waals surface area contributed by atoms with Crippen LogP contribution in [0, 0.1) is 0 Å². The average Bonchev–Trinajstić information content (AvgIpc) is 2.29. The smallest absolute Gasteiger partial charge is 0.0544 e. The Morgan fingerprint density at radius 3 is 2.75 bits per heavy atom. The number of pyridine rings is 1. The molecule has 1 atom stereocenters. The molecule has 4 heteroatoms. The minimum absolute atomic E-state index is 0.639. The summed E-state index contributed by atoms with van der Waals surface area (Å²) in [7, 11) is 2.17.